The predicted octanol–water partition coefficient (Wildman–Crippen LogP) is 1.95. The summed E-state index contributed by atoms with van der Waals surface area (Å²) in [5.74, 6) is 0.980. The average molecular weight is 232 g/mol. The lowest BCUT2D eigenvalue weighted by Gasteiger charge is -2.03. The molecule has 0 saturated heterocycles. The minimum atomic E-state index is -0.791. The molecule has 0 amide bonds. The summed E-state index contributed by atoms with van der Waals surface area (Å²) in [7, 11) is 0. The lowest BCUT2D eigenvalue weighted by molar-refractivity contribution is 0.158. The van der Waals surface area contributed by atoms with Crippen LogP contribution in [0, 0.1) is 13.8 Å². The number of aliphatic hydroxyl groups excluding tert-OH is 1. The zero-order valence-electron chi connectivity index (χ0n) is 9.97. The van der Waals surface area contributed by atoms with Crippen LogP contribution in [0.25, 0.3) is 11.5 Å². The molecule has 4 nitrogen and oxygen atoms in total. The molecule has 0 fully saturated rings. The third kappa shape index (κ3) is 2.23. The zero-order chi connectivity index (χ0) is 12.4. The maximum Gasteiger partial charge on any atom is 0.226 e. The van der Waals surface area contributed by atoms with Crippen molar-refractivity contribution in [1.82, 2.24) is 4.98 Å². The largest absolute Gasteiger partial charge is 0.438 e. The lowest BCUT2D eigenvalue weighted by Crippen LogP contribution is -2.11. The summed E-state index contributed by atoms with van der Waals surface area (Å²) in [5, 5.41) is 9.68. The Bertz CT molecular complexity index is 520. The normalized spacial score (nSPS) is 12.7. The molecule has 90 valence electrons. The van der Waals surface area contributed by atoms with Crippen molar-refractivity contribution in [1.29, 1.82) is 0 Å². The van der Waals surface area contributed by atoms with Gasteiger partial charge in [-0.3, -0.25) is 0 Å². The number of hydrogen-bond acceptors (Lipinski definition) is 4. The first-order valence-electron chi connectivity index (χ1n) is 5.55. The summed E-state index contributed by atoms with van der Waals surface area (Å²) in [6.07, 6.45) is -0.791. The molecule has 3 N–H and O–H groups in total. The van der Waals surface area contributed by atoms with E-state index in [-0.39, 0.29) is 6.54 Å². The number of nitrogens with two attached hydrogens (primary N) is 1. The van der Waals surface area contributed by atoms with Crippen LogP contribution in [-0.4, -0.2) is 16.6 Å². The van der Waals surface area contributed by atoms with Gasteiger partial charge in [0.05, 0.1) is 5.69 Å². The van der Waals surface area contributed by atoms with Crippen molar-refractivity contribution in [2.75, 3.05) is 6.54 Å². The third-order valence-corrected chi connectivity index (χ3v) is 2.73. The van der Waals surface area contributed by atoms with Crippen LogP contribution >= 0.6 is 0 Å². The van der Waals surface area contributed by atoms with E-state index < -0.39 is 6.10 Å². The quantitative estimate of drug-likeness (QED) is 0.848. The molecule has 0 aliphatic heterocycles. The predicted molar refractivity (Wildman–Crippen MR) is 65.4 cm³/mol. The van der Waals surface area contributed by atoms with E-state index >= 15 is 0 Å². The third-order valence-electron chi connectivity index (χ3n) is 2.73. The second-order valence-corrected chi connectivity index (χ2v) is 4.04. The fourth-order valence-electron chi connectivity index (χ4n) is 1.75. The molecule has 0 spiro atoms. The number of oxazole rings is 1. The second-order valence-electron chi connectivity index (χ2n) is 4.04. The van der Waals surface area contributed by atoms with Crippen molar-refractivity contribution in [3.8, 4) is 11.5 Å². The van der Waals surface area contributed by atoms with Gasteiger partial charge >= 0.3 is 0 Å². The van der Waals surface area contributed by atoms with E-state index in [1.165, 1.54) is 0 Å². The standard InChI is InChI=1S/C13H16N2O2/c1-8-5-3-4-6-10(8)13-15-9(2)12(17-13)11(16)7-14/h3-6,11,16H,7,14H2,1-2H3. The van der Waals surface area contributed by atoms with Gasteiger partial charge in [-0.25, -0.2) is 4.98 Å². The molecule has 1 atom stereocenters. The Morgan fingerprint density at radius 1 is 1.35 bits per heavy atom. The Balaban J connectivity index is 2.45. The molecular formula is C13H16N2O2. The van der Waals surface area contributed by atoms with Crippen LogP contribution in [0.3, 0.4) is 0 Å². The Morgan fingerprint density at radius 2 is 2.06 bits per heavy atom. The van der Waals surface area contributed by atoms with Crippen LogP contribution in [0.15, 0.2) is 28.7 Å². The van der Waals surface area contributed by atoms with Crippen LogP contribution in [0.2, 0.25) is 0 Å². The molecule has 0 radical (unpaired) electrons. The first-order chi connectivity index (χ1) is 8.13. The van der Waals surface area contributed by atoms with Gasteiger partial charge in [0, 0.05) is 12.1 Å². The average Bonchev–Trinajstić information content (AvgIpc) is 2.71. The van der Waals surface area contributed by atoms with Crippen molar-refractivity contribution in [2.45, 2.75) is 20.0 Å². The first kappa shape index (κ1) is 11.8. The molecule has 2 aromatic rings. The molecule has 0 aliphatic carbocycles. The highest BCUT2D eigenvalue weighted by Gasteiger charge is 2.18. The minimum absolute atomic E-state index is 0.128. The Labute approximate surface area is 100 Å². The van der Waals surface area contributed by atoms with Crippen LogP contribution in [0.5, 0.6) is 0 Å². The van der Waals surface area contributed by atoms with Gasteiger partial charge in [0.25, 0.3) is 0 Å². The topological polar surface area (TPSA) is 72.3 Å². The number of hydrogen-bond donors (Lipinski definition) is 2. The SMILES string of the molecule is Cc1ccccc1-c1nc(C)c(C(O)CN)o1. The van der Waals surface area contributed by atoms with E-state index in [2.05, 4.69) is 4.98 Å². The molecule has 0 bridgehead atoms. The molecular weight excluding hydrogens is 216 g/mol. The first-order valence-corrected chi connectivity index (χ1v) is 5.55. The monoisotopic (exact) mass is 232 g/mol. The summed E-state index contributed by atoms with van der Waals surface area (Å²) in [4.78, 5) is 4.33. The van der Waals surface area contributed by atoms with E-state index in [1.807, 2.05) is 31.2 Å². The highest BCUT2D eigenvalue weighted by atomic mass is 16.4. The summed E-state index contributed by atoms with van der Waals surface area (Å²) in [6.45, 7) is 3.93. The zero-order valence-corrected chi connectivity index (χ0v) is 9.97. The molecule has 1 aromatic heterocycles. The molecule has 2 rings (SSSR count). The molecule has 4 heteroatoms. The Hall–Kier alpha value is -1.65. The molecule has 0 saturated carbocycles. The molecule has 1 unspecified atom stereocenters. The van der Waals surface area contributed by atoms with Gasteiger partial charge in [0.15, 0.2) is 5.76 Å². The van der Waals surface area contributed by atoms with Gasteiger partial charge in [-0.15, -0.1) is 0 Å². The van der Waals surface area contributed by atoms with E-state index in [0.717, 1.165) is 11.1 Å². The molecule has 0 aliphatic rings. The van der Waals surface area contributed by atoms with E-state index in [0.29, 0.717) is 17.3 Å². The number of aryl methyl sites for hydroxylation is 2. The van der Waals surface area contributed by atoms with E-state index in [9.17, 15) is 5.11 Å². The van der Waals surface area contributed by atoms with Crippen LogP contribution in [-0.2, 0) is 0 Å². The van der Waals surface area contributed by atoms with Crippen molar-refractivity contribution in [2.24, 2.45) is 5.73 Å². The summed E-state index contributed by atoms with van der Waals surface area (Å²) in [6, 6.07) is 7.83. The summed E-state index contributed by atoms with van der Waals surface area (Å²) in [5.41, 5.74) is 8.12. The van der Waals surface area contributed by atoms with Crippen LogP contribution in [0.1, 0.15) is 23.1 Å². The van der Waals surface area contributed by atoms with Gasteiger partial charge < -0.3 is 15.3 Å². The van der Waals surface area contributed by atoms with E-state index in [1.54, 1.807) is 6.92 Å². The smallest absolute Gasteiger partial charge is 0.226 e. The van der Waals surface area contributed by atoms with Crippen molar-refractivity contribution >= 4 is 0 Å². The maximum absolute atomic E-state index is 9.68. The van der Waals surface area contributed by atoms with Gasteiger partial charge in [0.2, 0.25) is 5.89 Å². The number of benzene rings is 1. The van der Waals surface area contributed by atoms with E-state index in [4.69, 9.17) is 10.2 Å². The Morgan fingerprint density at radius 3 is 2.71 bits per heavy atom. The van der Waals surface area contributed by atoms with Gasteiger partial charge in [-0.2, -0.15) is 0 Å². The van der Waals surface area contributed by atoms with Crippen molar-refractivity contribution in [3.63, 3.8) is 0 Å². The van der Waals surface area contributed by atoms with Crippen LogP contribution < -0.4 is 5.73 Å². The second kappa shape index (κ2) is 4.69. The summed E-state index contributed by atoms with van der Waals surface area (Å²) >= 11 is 0. The van der Waals surface area contributed by atoms with Crippen molar-refractivity contribution < 1.29 is 9.52 Å². The fraction of sp³-hybridized carbons (Fsp3) is 0.308. The lowest BCUT2D eigenvalue weighted by atomic mass is 10.1. The van der Waals surface area contributed by atoms with Gasteiger partial charge in [-0.1, -0.05) is 18.2 Å². The molecule has 17 heavy (non-hydrogen) atoms. The van der Waals surface area contributed by atoms with Crippen molar-refractivity contribution in [3.05, 3.63) is 41.3 Å². The van der Waals surface area contributed by atoms with Gasteiger partial charge in [-0.05, 0) is 25.5 Å². The summed E-state index contributed by atoms with van der Waals surface area (Å²) < 4.78 is 5.59. The van der Waals surface area contributed by atoms with Crippen LogP contribution in [0.4, 0.5) is 0 Å². The molecule has 1 heterocycles. The highest BCUT2D eigenvalue weighted by Crippen LogP contribution is 2.27. The molecule has 1 aromatic carbocycles. The highest BCUT2D eigenvalue weighted by molar-refractivity contribution is 5.58. The number of aliphatic hydroxyl groups is 1. The minimum Gasteiger partial charge on any atom is -0.438 e. The Kier molecular flexibility index (Phi) is 3.26. The fourth-order valence-corrected chi connectivity index (χ4v) is 1.75. The number of aromatic nitrogens is 1. The number of nitrogens with zero attached hydrogens (tertiary/aromatic N) is 1. The maximum atomic E-state index is 9.68. The van der Waals surface area contributed by atoms with Gasteiger partial charge in [0.1, 0.15) is 6.10 Å². The number of rotatable bonds is 3.